The summed E-state index contributed by atoms with van der Waals surface area (Å²) in [5, 5.41) is 6.92. The molecule has 0 radical (unpaired) electrons. The fourth-order valence-electron chi connectivity index (χ4n) is 3.71. The van der Waals surface area contributed by atoms with E-state index in [2.05, 4.69) is 89.5 Å². The van der Waals surface area contributed by atoms with Crippen molar-refractivity contribution in [1.82, 2.24) is 5.32 Å². The first-order chi connectivity index (χ1) is 14.3. The first kappa shape index (κ1) is 19.6. The number of nitrogen functional groups attached to an aromatic ring is 1. The Labute approximate surface area is 177 Å². The van der Waals surface area contributed by atoms with Crippen LogP contribution in [0.1, 0.15) is 29.0 Å². The predicted molar refractivity (Wildman–Crippen MR) is 127 cm³/mol. The average Bonchev–Trinajstić information content (AvgIpc) is 3.28. The van der Waals surface area contributed by atoms with Crippen LogP contribution in [0, 0.1) is 0 Å². The normalized spacial score (nSPS) is 15.1. The van der Waals surface area contributed by atoms with E-state index in [1.807, 2.05) is 17.8 Å². The molecule has 0 aromatic heterocycles. The third kappa shape index (κ3) is 5.22. The molecule has 0 unspecified atom stereocenters. The van der Waals surface area contributed by atoms with E-state index in [1.54, 1.807) is 0 Å². The number of nitrogens with one attached hydrogen (secondary N) is 2. The smallest absolute Gasteiger partial charge is 0.0579 e. The van der Waals surface area contributed by atoms with Gasteiger partial charge < -0.3 is 16.4 Å². The van der Waals surface area contributed by atoms with E-state index in [0.717, 1.165) is 36.8 Å². The van der Waals surface area contributed by atoms with E-state index in [1.165, 1.54) is 21.6 Å². The van der Waals surface area contributed by atoms with Gasteiger partial charge in [0, 0.05) is 29.8 Å². The molecule has 0 aliphatic carbocycles. The molecular formula is C25H27N3S. The highest BCUT2D eigenvalue weighted by Crippen LogP contribution is 2.29. The van der Waals surface area contributed by atoms with Crippen LogP contribution in [-0.4, -0.2) is 19.0 Å². The van der Waals surface area contributed by atoms with Crippen molar-refractivity contribution in [2.45, 2.75) is 12.3 Å². The third-order valence-corrected chi connectivity index (χ3v) is 6.20. The molecule has 1 saturated heterocycles. The van der Waals surface area contributed by atoms with Gasteiger partial charge in [0.25, 0.3) is 0 Å². The van der Waals surface area contributed by atoms with Crippen LogP contribution in [-0.2, 0) is 0 Å². The van der Waals surface area contributed by atoms with Gasteiger partial charge in [-0.1, -0.05) is 66.7 Å². The number of anilines is 2. The summed E-state index contributed by atoms with van der Waals surface area (Å²) in [6.45, 7) is 1.81. The zero-order valence-corrected chi connectivity index (χ0v) is 17.3. The molecule has 0 amide bonds. The van der Waals surface area contributed by atoms with Crippen molar-refractivity contribution in [1.29, 1.82) is 0 Å². The third-order valence-electron chi connectivity index (χ3n) is 5.22. The number of hydrogen-bond acceptors (Lipinski definition) is 4. The molecule has 29 heavy (non-hydrogen) atoms. The lowest BCUT2D eigenvalue weighted by molar-refractivity contribution is 0.745. The van der Waals surface area contributed by atoms with Crippen molar-refractivity contribution in [3.8, 4) is 0 Å². The van der Waals surface area contributed by atoms with Crippen molar-refractivity contribution in [3.05, 3.63) is 100 Å². The minimum atomic E-state index is 0.359. The molecule has 3 aromatic rings. The molecular weight excluding hydrogens is 374 g/mol. The minimum Gasteiger partial charge on any atom is -0.397 e. The van der Waals surface area contributed by atoms with Gasteiger partial charge in [0.2, 0.25) is 0 Å². The molecule has 148 valence electrons. The zero-order chi connectivity index (χ0) is 19.9. The second-order valence-electron chi connectivity index (χ2n) is 7.26. The van der Waals surface area contributed by atoms with Crippen LogP contribution in [0.2, 0.25) is 0 Å². The van der Waals surface area contributed by atoms with Crippen molar-refractivity contribution >= 4 is 29.2 Å². The van der Waals surface area contributed by atoms with Crippen LogP contribution >= 0.6 is 11.8 Å². The maximum Gasteiger partial charge on any atom is 0.0579 e. The summed E-state index contributed by atoms with van der Waals surface area (Å²) in [4.78, 5) is 1.37. The maximum absolute atomic E-state index is 6.24. The Morgan fingerprint density at radius 3 is 2.28 bits per heavy atom. The van der Waals surface area contributed by atoms with Crippen LogP contribution in [0.25, 0.3) is 6.08 Å². The van der Waals surface area contributed by atoms with Gasteiger partial charge in [-0.3, -0.25) is 0 Å². The van der Waals surface area contributed by atoms with Crippen LogP contribution in [0.5, 0.6) is 0 Å². The fraction of sp³-hybridized carbons (Fsp3) is 0.200. The predicted octanol–water partition coefficient (Wildman–Crippen LogP) is 5.54. The summed E-state index contributed by atoms with van der Waals surface area (Å²) in [5.41, 5.74) is 11.9. The Bertz CT molecular complexity index is 907. The van der Waals surface area contributed by atoms with Gasteiger partial charge >= 0.3 is 0 Å². The molecule has 0 spiro atoms. The molecule has 3 nitrogen and oxygen atoms in total. The molecule has 1 fully saturated rings. The summed E-state index contributed by atoms with van der Waals surface area (Å²) in [7, 11) is 0. The highest BCUT2D eigenvalue weighted by atomic mass is 32.2. The molecule has 1 heterocycles. The second-order valence-corrected chi connectivity index (χ2v) is 8.36. The van der Waals surface area contributed by atoms with E-state index < -0.39 is 0 Å². The number of hydrogen-bond donors (Lipinski definition) is 3. The second kappa shape index (κ2) is 9.68. The SMILES string of the molecule is Nc1ccc(C=C2CNCS2)cc1NCCC(c1ccccc1)c1ccccc1. The standard InChI is InChI=1S/C25H27N3S/c26-24-12-11-19(15-22-17-27-18-29-22)16-25(24)28-14-13-23(20-7-3-1-4-8-20)21-9-5-2-6-10-21/h1-12,15-16,23,27-28H,13-14,17-18,26H2. The lowest BCUT2D eigenvalue weighted by Gasteiger charge is -2.19. The van der Waals surface area contributed by atoms with Gasteiger partial charge in [-0.2, -0.15) is 0 Å². The van der Waals surface area contributed by atoms with Crippen molar-refractivity contribution in [2.75, 3.05) is 30.0 Å². The summed E-state index contributed by atoms with van der Waals surface area (Å²) in [6, 6.07) is 27.7. The van der Waals surface area contributed by atoms with E-state index >= 15 is 0 Å². The summed E-state index contributed by atoms with van der Waals surface area (Å²) < 4.78 is 0. The number of benzene rings is 3. The number of rotatable bonds is 7. The Kier molecular flexibility index (Phi) is 6.55. The molecule has 0 bridgehead atoms. The first-order valence-electron chi connectivity index (χ1n) is 10.1. The molecule has 0 saturated carbocycles. The Morgan fingerprint density at radius 1 is 0.966 bits per heavy atom. The quantitative estimate of drug-likeness (QED) is 0.455. The molecule has 3 aromatic carbocycles. The van der Waals surface area contributed by atoms with Gasteiger partial charge in [0.1, 0.15) is 0 Å². The van der Waals surface area contributed by atoms with Gasteiger partial charge in [-0.15, -0.1) is 11.8 Å². The Balaban J connectivity index is 1.47. The fourth-order valence-corrected chi connectivity index (χ4v) is 4.53. The summed E-state index contributed by atoms with van der Waals surface area (Å²) in [5.74, 6) is 1.35. The van der Waals surface area contributed by atoms with E-state index in [-0.39, 0.29) is 0 Å². The largest absolute Gasteiger partial charge is 0.397 e. The molecule has 4 N–H and O–H groups in total. The highest BCUT2D eigenvalue weighted by molar-refractivity contribution is 8.03. The number of nitrogens with two attached hydrogens (primary N) is 1. The lowest BCUT2D eigenvalue weighted by atomic mass is 9.88. The lowest BCUT2D eigenvalue weighted by Crippen LogP contribution is -2.10. The van der Waals surface area contributed by atoms with Crippen molar-refractivity contribution < 1.29 is 0 Å². The van der Waals surface area contributed by atoms with Gasteiger partial charge in [0.05, 0.1) is 11.4 Å². The van der Waals surface area contributed by atoms with Gasteiger partial charge in [0.15, 0.2) is 0 Å². The monoisotopic (exact) mass is 401 g/mol. The molecule has 1 aliphatic heterocycles. The van der Waals surface area contributed by atoms with Crippen LogP contribution in [0.4, 0.5) is 11.4 Å². The van der Waals surface area contributed by atoms with E-state index in [9.17, 15) is 0 Å². The first-order valence-corrected chi connectivity index (χ1v) is 11.1. The maximum atomic E-state index is 6.24. The number of thioether (sulfide) groups is 1. The van der Waals surface area contributed by atoms with Crippen LogP contribution < -0.4 is 16.4 Å². The van der Waals surface area contributed by atoms with E-state index in [4.69, 9.17) is 5.73 Å². The minimum absolute atomic E-state index is 0.359. The van der Waals surface area contributed by atoms with Crippen molar-refractivity contribution in [2.24, 2.45) is 0 Å². The molecule has 1 aliphatic rings. The van der Waals surface area contributed by atoms with Crippen LogP contribution in [0.3, 0.4) is 0 Å². The average molecular weight is 402 g/mol. The van der Waals surface area contributed by atoms with Gasteiger partial charge in [-0.25, -0.2) is 0 Å². The van der Waals surface area contributed by atoms with Crippen LogP contribution in [0.15, 0.2) is 83.8 Å². The molecule has 4 heteroatoms. The van der Waals surface area contributed by atoms with Gasteiger partial charge in [-0.05, 0) is 41.3 Å². The molecule has 4 rings (SSSR count). The highest BCUT2D eigenvalue weighted by Gasteiger charge is 2.14. The van der Waals surface area contributed by atoms with E-state index in [0.29, 0.717) is 5.92 Å². The Hall–Kier alpha value is -2.69. The zero-order valence-electron chi connectivity index (χ0n) is 16.5. The van der Waals surface area contributed by atoms with Crippen molar-refractivity contribution in [3.63, 3.8) is 0 Å². The Morgan fingerprint density at radius 2 is 1.66 bits per heavy atom. The topological polar surface area (TPSA) is 50.1 Å². The summed E-state index contributed by atoms with van der Waals surface area (Å²) >= 11 is 1.86. The summed E-state index contributed by atoms with van der Waals surface area (Å²) in [6.07, 6.45) is 3.24. The molecule has 0 atom stereocenters.